The van der Waals surface area contributed by atoms with E-state index in [1.54, 1.807) is 10.6 Å². The molecule has 0 spiro atoms. The van der Waals surface area contributed by atoms with Crippen molar-refractivity contribution in [3.05, 3.63) is 118 Å². The number of hydrogen-bond acceptors (Lipinski definition) is 3. The summed E-state index contributed by atoms with van der Waals surface area (Å²) in [4.78, 5) is 17.3. The second-order valence-electron chi connectivity index (χ2n) is 9.02. The molecule has 0 bridgehead atoms. The van der Waals surface area contributed by atoms with E-state index in [2.05, 4.69) is 36.2 Å². The van der Waals surface area contributed by atoms with Crippen molar-refractivity contribution in [2.45, 2.75) is 19.3 Å². The summed E-state index contributed by atoms with van der Waals surface area (Å²) in [5.74, 6) is 0.747. The molecule has 6 heteroatoms. The molecule has 0 radical (unpaired) electrons. The second kappa shape index (κ2) is 10.0. The Balaban J connectivity index is 1.73. The summed E-state index contributed by atoms with van der Waals surface area (Å²) >= 11 is 6.20. The molecular weight excluding hydrogens is 470 g/mol. The molecule has 0 saturated carbocycles. The quantitative estimate of drug-likeness (QED) is 0.256. The Kier molecular flexibility index (Phi) is 6.66. The molecule has 3 aromatic carbocycles. The van der Waals surface area contributed by atoms with Gasteiger partial charge in [-0.3, -0.25) is 4.79 Å². The zero-order valence-corrected chi connectivity index (χ0v) is 21.4. The number of aromatic nitrogens is 3. The third-order valence-electron chi connectivity index (χ3n) is 6.57. The molecule has 1 atom stereocenters. The fraction of sp³-hybridized carbons (Fsp3) is 0.200. The van der Waals surface area contributed by atoms with E-state index >= 15 is 0 Å². The predicted molar refractivity (Wildman–Crippen MR) is 146 cm³/mol. The van der Waals surface area contributed by atoms with Gasteiger partial charge in [0.25, 0.3) is 5.56 Å². The molecule has 1 unspecified atom stereocenters. The number of imidazole rings is 1. The van der Waals surface area contributed by atoms with Gasteiger partial charge < -0.3 is 13.9 Å². The van der Waals surface area contributed by atoms with Crippen LogP contribution in [-0.4, -0.2) is 20.7 Å². The first-order valence-corrected chi connectivity index (χ1v) is 12.4. The fourth-order valence-corrected chi connectivity index (χ4v) is 4.83. The van der Waals surface area contributed by atoms with Gasteiger partial charge in [0.2, 0.25) is 0 Å². The first kappa shape index (κ1) is 23.9. The number of ether oxygens (including phenoxy) is 1. The molecule has 36 heavy (non-hydrogen) atoms. The number of hydrogen-bond donors (Lipinski definition) is 0. The maximum atomic E-state index is 12.9. The largest absolute Gasteiger partial charge is 0.494 e. The van der Waals surface area contributed by atoms with Crippen LogP contribution < -0.4 is 10.3 Å². The minimum absolute atomic E-state index is 0.0500. The van der Waals surface area contributed by atoms with E-state index in [1.807, 2.05) is 73.7 Å². The predicted octanol–water partition coefficient (Wildman–Crippen LogP) is 6.56. The molecule has 5 aromatic rings. The SMILES string of the molecule is CCCOc1cccc(-c2cc(=O)n(C)c3ccc(C(c4ccc(Cl)cc4)c4cncn4C)cc23)c1. The van der Waals surface area contributed by atoms with Gasteiger partial charge in [0.1, 0.15) is 5.75 Å². The smallest absolute Gasteiger partial charge is 0.251 e. The summed E-state index contributed by atoms with van der Waals surface area (Å²) in [6.07, 6.45) is 4.65. The van der Waals surface area contributed by atoms with Crippen LogP contribution >= 0.6 is 11.6 Å². The number of fused-ring (bicyclic) bond motifs is 1. The summed E-state index contributed by atoms with van der Waals surface area (Å²) < 4.78 is 9.61. The maximum Gasteiger partial charge on any atom is 0.251 e. The van der Waals surface area contributed by atoms with Crippen LogP contribution in [0.15, 0.2) is 90.1 Å². The van der Waals surface area contributed by atoms with Gasteiger partial charge in [-0.15, -0.1) is 0 Å². The normalized spacial score (nSPS) is 12.1. The Hall–Kier alpha value is -3.83. The van der Waals surface area contributed by atoms with Crippen molar-refractivity contribution in [1.82, 2.24) is 14.1 Å². The van der Waals surface area contributed by atoms with Crippen LogP contribution in [0.25, 0.3) is 22.0 Å². The van der Waals surface area contributed by atoms with Gasteiger partial charge in [-0.2, -0.15) is 0 Å². The van der Waals surface area contributed by atoms with Crippen LogP contribution in [0.1, 0.15) is 36.1 Å². The molecule has 5 nitrogen and oxygen atoms in total. The molecule has 182 valence electrons. The Morgan fingerprint density at radius 2 is 1.75 bits per heavy atom. The van der Waals surface area contributed by atoms with Crippen molar-refractivity contribution >= 4 is 22.5 Å². The number of aryl methyl sites for hydroxylation is 2. The maximum absolute atomic E-state index is 12.9. The molecule has 0 N–H and O–H groups in total. The van der Waals surface area contributed by atoms with Crippen molar-refractivity contribution in [2.24, 2.45) is 14.1 Å². The molecule has 5 rings (SSSR count). The number of nitrogens with zero attached hydrogens (tertiary/aromatic N) is 3. The van der Waals surface area contributed by atoms with Crippen LogP contribution in [0, 0.1) is 0 Å². The van der Waals surface area contributed by atoms with Gasteiger partial charge in [0.15, 0.2) is 0 Å². The molecule has 2 aromatic heterocycles. The highest BCUT2D eigenvalue weighted by Crippen LogP contribution is 2.36. The zero-order valence-electron chi connectivity index (χ0n) is 20.6. The first-order valence-electron chi connectivity index (χ1n) is 12.0. The molecular formula is C30H28ClN3O2. The van der Waals surface area contributed by atoms with Crippen LogP contribution in [-0.2, 0) is 14.1 Å². The van der Waals surface area contributed by atoms with Gasteiger partial charge in [-0.1, -0.05) is 48.9 Å². The van der Waals surface area contributed by atoms with Crippen LogP contribution in [0.4, 0.5) is 0 Å². The van der Waals surface area contributed by atoms with E-state index in [0.717, 1.165) is 51.0 Å². The highest BCUT2D eigenvalue weighted by Gasteiger charge is 2.21. The van der Waals surface area contributed by atoms with E-state index in [4.69, 9.17) is 16.3 Å². The van der Waals surface area contributed by atoms with Crippen molar-refractivity contribution in [3.63, 3.8) is 0 Å². The third-order valence-corrected chi connectivity index (χ3v) is 6.83. The monoisotopic (exact) mass is 497 g/mol. The van der Waals surface area contributed by atoms with Gasteiger partial charge in [-0.25, -0.2) is 4.98 Å². The number of rotatable bonds is 7. The van der Waals surface area contributed by atoms with Gasteiger partial charge in [0.05, 0.1) is 24.4 Å². The summed E-state index contributed by atoms with van der Waals surface area (Å²) in [6, 6.07) is 23.9. The average molecular weight is 498 g/mol. The van der Waals surface area contributed by atoms with Crippen molar-refractivity contribution in [2.75, 3.05) is 6.61 Å². The molecule has 0 amide bonds. The van der Waals surface area contributed by atoms with Gasteiger partial charge in [-0.05, 0) is 65.1 Å². The Morgan fingerprint density at radius 1 is 0.972 bits per heavy atom. The highest BCUT2D eigenvalue weighted by molar-refractivity contribution is 6.30. The van der Waals surface area contributed by atoms with Crippen molar-refractivity contribution < 1.29 is 4.74 Å². The van der Waals surface area contributed by atoms with E-state index in [1.165, 1.54) is 0 Å². The van der Waals surface area contributed by atoms with Gasteiger partial charge in [0, 0.05) is 42.5 Å². The third kappa shape index (κ3) is 4.54. The number of pyridine rings is 1. The van der Waals surface area contributed by atoms with Crippen molar-refractivity contribution in [1.29, 1.82) is 0 Å². The number of benzene rings is 3. The average Bonchev–Trinajstić information content (AvgIpc) is 3.31. The minimum atomic E-state index is -0.0523. The number of halogens is 1. The summed E-state index contributed by atoms with van der Waals surface area (Å²) in [7, 11) is 3.82. The Bertz CT molecular complexity index is 1580. The molecule has 0 aliphatic heterocycles. The lowest BCUT2D eigenvalue weighted by Crippen LogP contribution is -2.16. The lowest BCUT2D eigenvalue weighted by molar-refractivity contribution is 0.317. The van der Waals surface area contributed by atoms with E-state index in [-0.39, 0.29) is 11.5 Å². The minimum Gasteiger partial charge on any atom is -0.494 e. The van der Waals surface area contributed by atoms with E-state index < -0.39 is 0 Å². The molecule has 0 saturated heterocycles. The fourth-order valence-electron chi connectivity index (χ4n) is 4.71. The summed E-state index contributed by atoms with van der Waals surface area (Å²) in [5.41, 5.74) is 5.95. The second-order valence-corrected chi connectivity index (χ2v) is 9.46. The Labute approximate surface area is 215 Å². The standard InChI is InChI=1S/C30H28ClN3O2/c1-4-14-36-24-7-5-6-21(15-24)25-17-29(35)34(3)27-13-10-22(16-26(25)27)30(28-18-32-19-33(28)2)20-8-11-23(31)12-9-20/h5-13,15-19,30H,4,14H2,1-3H3. The molecule has 0 fully saturated rings. The molecule has 0 aliphatic carbocycles. The molecule has 2 heterocycles. The van der Waals surface area contributed by atoms with Crippen LogP contribution in [0.5, 0.6) is 5.75 Å². The van der Waals surface area contributed by atoms with Gasteiger partial charge >= 0.3 is 0 Å². The first-order chi connectivity index (χ1) is 17.5. The summed E-state index contributed by atoms with van der Waals surface area (Å²) in [6.45, 7) is 2.73. The topological polar surface area (TPSA) is 49.1 Å². The summed E-state index contributed by atoms with van der Waals surface area (Å²) in [5, 5.41) is 1.70. The molecule has 0 aliphatic rings. The van der Waals surface area contributed by atoms with Crippen LogP contribution in [0.3, 0.4) is 0 Å². The lowest BCUT2D eigenvalue weighted by Gasteiger charge is -2.21. The van der Waals surface area contributed by atoms with E-state index in [9.17, 15) is 4.79 Å². The van der Waals surface area contributed by atoms with E-state index in [0.29, 0.717) is 11.6 Å². The lowest BCUT2D eigenvalue weighted by atomic mass is 9.87. The zero-order chi connectivity index (χ0) is 25.2. The highest BCUT2D eigenvalue weighted by atomic mass is 35.5. The van der Waals surface area contributed by atoms with Crippen LogP contribution in [0.2, 0.25) is 5.02 Å². The van der Waals surface area contributed by atoms with Crippen molar-refractivity contribution in [3.8, 4) is 16.9 Å². The Morgan fingerprint density at radius 3 is 2.47 bits per heavy atom.